The lowest BCUT2D eigenvalue weighted by molar-refractivity contribution is 0.0468. The zero-order valence-electron chi connectivity index (χ0n) is 14.7. The summed E-state index contributed by atoms with van der Waals surface area (Å²) in [6.07, 6.45) is 6.98. The van der Waals surface area contributed by atoms with Crippen molar-refractivity contribution < 1.29 is 9.53 Å². The SMILES string of the molecule is Cc1ccc2nc(COC(=O)c3cnn(Cc4ccccc4Cl)c3)cn2c1. The highest BCUT2D eigenvalue weighted by Gasteiger charge is 2.12. The summed E-state index contributed by atoms with van der Waals surface area (Å²) in [4.78, 5) is 16.7. The Morgan fingerprint density at radius 2 is 2.00 bits per heavy atom. The Kier molecular flexibility index (Phi) is 4.64. The van der Waals surface area contributed by atoms with Crippen LogP contribution in [0.4, 0.5) is 0 Å². The normalized spacial score (nSPS) is 11.0. The summed E-state index contributed by atoms with van der Waals surface area (Å²) in [5.74, 6) is -0.436. The van der Waals surface area contributed by atoms with Crippen molar-refractivity contribution in [2.75, 3.05) is 0 Å². The number of imidazole rings is 1. The number of hydrogen-bond acceptors (Lipinski definition) is 4. The van der Waals surface area contributed by atoms with E-state index in [-0.39, 0.29) is 6.61 Å². The molecule has 6 nitrogen and oxygen atoms in total. The van der Waals surface area contributed by atoms with Crippen LogP contribution in [0.2, 0.25) is 5.02 Å². The van der Waals surface area contributed by atoms with E-state index in [0.29, 0.717) is 22.8 Å². The molecule has 7 heteroatoms. The number of benzene rings is 1. The van der Waals surface area contributed by atoms with Gasteiger partial charge in [-0.2, -0.15) is 5.10 Å². The molecule has 27 heavy (non-hydrogen) atoms. The van der Waals surface area contributed by atoms with E-state index in [1.165, 1.54) is 6.20 Å². The van der Waals surface area contributed by atoms with Crippen molar-refractivity contribution in [3.8, 4) is 0 Å². The Hall–Kier alpha value is -3.12. The van der Waals surface area contributed by atoms with Crippen LogP contribution in [0.1, 0.15) is 27.2 Å². The summed E-state index contributed by atoms with van der Waals surface area (Å²) in [6.45, 7) is 2.60. The van der Waals surface area contributed by atoms with Gasteiger partial charge in [-0.25, -0.2) is 9.78 Å². The summed E-state index contributed by atoms with van der Waals surface area (Å²) in [5.41, 5.74) is 3.97. The third kappa shape index (κ3) is 3.85. The second kappa shape index (κ2) is 7.25. The average Bonchev–Trinajstić information content (AvgIpc) is 3.28. The van der Waals surface area contributed by atoms with Gasteiger partial charge >= 0.3 is 5.97 Å². The Morgan fingerprint density at radius 1 is 1.15 bits per heavy atom. The van der Waals surface area contributed by atoms with Gasteiger partial charge in [-0.1, -0.05) is 35.9 Å². The number of pyridine rings is 1. The van der Waals surface area contributed by atoms with E-state index in [1.54, 1.807) is 10.9 Å². The van der Waals surface area contributed by atoms with E-state index in [2.05, 4.69) is 10.1 Å². The molecule has 0 unspecified atom stereocenters. The van der Waals surface area contributed by atoms with Gasteiger partial charge in [0.25, 0.3) is 0 Å². The van der Waals surface area contributed by atoms with Crippen LogP contribution in [-0.4, -0.2) is 25.1 Å². The molecular weight excluding hydrogens is 364 g/mol. The Labute approximate surface area is 161 Å². The van der Waals surface area contributed by atoms with Gasteiger partial charge in [0.1, 0.15) is 12.3 Å². The summed E-state index contributed by atoms with van der Waals surface area (Å²) >= 11 is 6.16. The van der Waals surface area contributed by atoms with Crippen molar-refractivity contribution in [3.63, 3.8) is 0 Å². The predicted molar refractivity (Wildman–Crippen MR) is 102 cm³/mol. The lowest BCUT2D eigenvalue weighted by atomic mass is 10.2. The summed E-state index contributed by atoms with van der Waals surface area (Å²) in [5, 5.41) is 4.88. The van der Waals surface area contributed by atoms with Crippen molar-refractivity contribution in [1.82, 2.24) is 19.2 Å². The number of hydrogen-bond donors (Lipinski definition) is 0. The van der Waals surface area contributed by atoms with Gasteiger partial charge in [0.15, 0.2) is 0 Å². The third-order valence-corrected chi connectivity index (χ3v) is 4.53. The van der Waals surface area contributed by atoms with Gasteiger partial charge in [-0.3, -0.25) is 4.68 Å². The molecule has 1 aromatic carbocycles. The standard InChI is InChI=1S/C20H17ClN4O2/c1-14-6-7-19-23-17(12-24(19)9-14)13-27-20(26)16-8-22-25(11-16)10-15-4-2-3-5-18(15)21/h2-9,11-12H,10,13H2,1H3. The highest BCUT2D eigenvalue weighted by atomic mass is 35.5. The number of ether oxygens (including phenoxy) is 1. The molecule has 136 valence electrons. The average molecular weight is 381 g/mol. The summed E-state index contributed by atoms with van der Waals surface area (Å²) < 4.78 is 8.94. The first-order valence-corrected chi connectivity index (χ1v) is 8.83. The molecule has 0 aliphatic carbocycles. The number of aryl methyl sites for hydroxylation is 1. The van der Waals surface area contributed by atoms with E-state index < -0.39 is 5.97 Å². The van der Waals surface area contributed by atoms with Gasteiger partial charge in [0, 0.05) is 23.6 Å². The molecular formula is C20H17ClN4O2. The highest BCUT2D eigenvalue weighted by Crippen LogP contribution is 2.16. The predicted octanol–water partition coefficient (Wildman–Crippen LogP) is 3.90. The highest BCUT2D eigenvalue weighted by molar-refractivity contribution is 6.31. The molecule has 0 aliphatic rings. The minimum atomic E-state index is -0.436. The zero-order chi connectivity index (χ0) is 18.8. The van der Waals surface area contributed by atoms with Crippen molar-refractivity contribution >= 4 is 23.2 Å². The monoisotopic (exact) mass is 380 g/mol. The lowest BCUT2D eigenvalue weighted by Crippen LogP contribution is -2.05. The first kappa shape index (κ1) is 17.3. The van der Waals surface area contributed by atoms with Crippen LogP contribution in [-0.2, 0) is 17.9 Å². The molecule has 0 fully saturated rings. The van der Waals surface area contributed by atoms with Crippen LogP contribution in [0.5, 0.6) is 0 Å². The topological polar surface area (TPSA) is 61.4 Å². The zero-order valence-corrected chi connectivity index (χ0v) is 15.4. The molecule has 3 heterocycles. The minimum absolute atomic E-state index is 0.106. The number of rotatable bonds is 5. The molecule has 0 spiro atoms. The Bertz CT molecular complexity index is 1120. The van der Waals surface area contributed by atoms with Gasteiger partial charge in [-0.05, 0) is 30.2 Å². The fraction of sp³-hybridized carbons (Fsp3) is 0.150. The molecule has 4 aromatic rings. The van der Waals surface area contributed by atoms with E-state index in [4.69, 9.17) is 16.3 Å². The molecule has 0 aliphatic heterocycles. The lowest BCUT2D eigenvalue weighted by Gasteiger charge is -2.03. The van der Waals surface area contributed by atoms with E-state index in [9.17, 15) is 4.79 Å². The molecule has 0 saturated heterocycles. The fourth-order valence-electron chi connectivity index (χ4n) is 2.80. The number of carbonyl (C=O) groups is 1. The van der Waals surface area contributed by atoms with Gasteiger partial charge in [0.2, 0.25) is 0 Å². The maximum absolute atomic E-state index is 12.3. The molecule has 0 bridgehead atoms. The van der Waals surface area contributed by atoms with Crippen molar-refractivity contribution in [3.05, 3.63) is 88.6 Å². The van der Waals surface area contributed by atoms with Crippen LogP contribution < -0.4 is 0 Å². The second-order valence-corrected chi connectivity index (χ2v) is 6.71. The molecule has 0 N–H and O–H groups in total. The van der Waals surface area contributed by atoms with Crippen molar-refractivity contribution in [2.24, 2.45) is 0 Å². The van der Waals surface area contributed by atoms with Crippen molar-refractivity contribution in [2.45, 2.75) is 20.1 Å². The van der Waals surface area contributed by atoms with Crippen molar-refractivity contribution in [1.29, 1.82) is 0 Å². The molecule has 0 saturated carbocycles. The molecule has 4 rings (SSSR count). The number of carbonyl (C=O) groups excluding carboxylic acids is 1. The van der Waals surface area contributed by atoms with E-state index in [0.717, 1.165) is 16.8 Å². The number of aromatic nitrogens is 4. The first-order chi connectivity index (χ1) is 13.1. The fourth-order valence-corrected chi connectivity index (χ4v) is 3.00. The van der Waals surface area contributed by atoms with Crippen LogP contribution in [0, 0.1) is 6.92 Å². The molecule has 0 atom stereocenters. The van der Waals surface area contributed by atoms with E-state index >= 15 is 0 Å². The summed E-state index contributed by atoms with van der Waals surface area (Å²) in [6, 6.07) is 11.5. The van der Waals surface area contributed by atoms with Crippen LogP contribution >= 0.6 is 11.6 Å². The Morgan fingerprint density at radius 3 is 2.85 bits per heavy atom. The number of nitrogens with zero attached hydrogens (tertiary/aromatic N) is 4. The largest absolute Gasteiger partial charge is 0.455 e. The first-order valence-electron chi connectivity index (χ1n) is 8.46. The quantitative estimate of drug-likeness (QED) is 0.493. The second-order valence-electron chi connectivity index (χ2n) is 6.30. The number of fused-ring (bicyclic) bond motifs is 1. The maximum Gasteiger partial charge on any atom is 0.341 e. The van der Waals surface area contributed by atoms with Gasteiger partial charge < -0.3 is 9.14 Å². The smallest absolute Gasteiger partial charge is 0.341 e. The molecule has 0 radical (unpaired) electrons. The van der Waals surface area contributed by atoms with Crippen LogP contribution in [0.15, 0.2) is 61.2 Å². The molecule has 3 aromatic heterocycles. The minimum Gasteiger partial charge on any atom is -0.455 e. The Balaban J connectivity index is 1.41. The number of esters is 1. The summed E-state index contributed by atoms with van der Waals surface area (Å²) in [7, 11) is 0. The van der Waals surface area contributed by atoms with E-state index in [1.807, 2.05) is 60.1 Å². The van der Waals surface area contributed by atoms with Crippen LogP contribution in [0.3, 0.4) is 0 Å². The maximum atomic E-state index is 12.3. The third-order valence-electron chi connectivity index (χ3n) is 4.16. The van der Waals surface area contributed by atoms with Gasteiger partial charge in [0.05, 0.1) is 24.0 Å². The van der Waals surface area contributed by atoms with Crippen LogP contribution in [0.25, 0.3) is 5.65 Å². The van der Waals surface area contributed by atoms with Gasteiger partial charge in [-0.15, -0.1) is 0 Å². The molecule has 0 amide bonds. The number of halogens is 1.